The third kappa shape index (κ3) is 5.74. The van der Waals surface area contributed by atoms with Gasteiger partial charge in [-0.15, -0.1) is 0 Å². The van der Waals surface area contributed by atoms with Crippen LogP contribution in [0, 0.1) is 0 Å². The summed E-state index contributed by atoms with van der Waals surface area (Å²) in [6, 6.07) is -1.70. The van der Waals surface area contributed by atoms with Gasteiger partial charge >= 0.3 is 18.0 Å². The van der Waals surface area contributed by atoms with Gasteiger partial charge in [-0.3, -0.25) is 9.36 Å². The van der Waals surface area contributed by atoms with Gasteiger partial charge < -0.3 is 16.2 Å². The molecule has 1 aromatic heterocycles. The molecule has 0 radical (unpaired) electrons. The first-order valence-electron chi connectivity index (χ1n) is 6.76. The van der Waals surface area contributed by atoms with E-state index in [9.17, 15) is 14.4 Å². The van der Waals surface area contributed by atoms with E-state index in [4.69, 9.17) is 11.5 Å². The number of unbranched alkanes of at least 4 members (excludes halogenated alkanes) is 2. The lowest BCUT2D eigenvalue weighted by molar-refractivity contribution is -0.160. The van der Waals surface area contributed by atoms with Gasteiger partial charge in [0.1, 0.15) is 12.4 Å². The molecule has 4 N–H and O–H groups in total. The van der Waals surface area contributed by atoms with E-state index in [1.54, 1.807) is 0 Å². The molecular weight excluding hydrogens is 276 g/mol. The lowest BCUT2D eigenvalue weighted by Gasteiger charge is -2.08. The van der Waals surface area contributed by atoms with Gasteiger partial charge in [-0.2, -0.15) is 0 Å². The third-order valence-corrected chi connectivity index (χ3v) is 2.82. The second-order valence-electron chi connectivity index (χ2n) is 4.67. The SMILES string of the molecule is CCCCCC(=O)OC(=O)[C@@H](N)Cc1cn(C(N)=O)cn1. The molecule has 1 heterocycles. The molecule has 0 aliphatic carbocycles. The highest BCUT2D eigenvalue weighted by molar-refractivity contribution is 5.88. The van der Waals surface area contributed by atoms with Crippen molar-refractivity contribution >= 4 is 18.0 Å². The van der Waals surface area contributed by atoms with Crippen LogP contribution in [0.25, 0.3) is 0 Å². The van der Waals surface area contributed by atoms with Crippen LogP contribution in [0.15, 0.2) is 12.5 Å². The summed E-state index contributed by atoms with van der Waals surface area (Å²) in [7, 11) is 0. The maximum absolute atomic E-state index is 11.6. The number of carbonyl (C=O) groups excluding carboxylic acids is 3. The summed E-state index contributed by atoms with van der Waals surface area (Å²) < 4.78 is 5.73. The minimum absolute atomic E-state index is 0.0569. The summed E-state index contributed by atoms with van der Waals surface area (Å²) in [6.07, 6.45) is 5.41. The van der Waals surface area contributed by atoms with Crippen LogP contribution in [0.1, 0.15) is 38.3 Å². The Balaban J connectivity index is 2.43. The van der Waals surface area contributed by atoms with Gasteiger partial charge in [0, 0.05) is 19.0 Å². The van der Waals surface area contributed by atoms with Crippen molar-refractivity contribution in [3.05, 3.63) is 18.2 Å². The lowest BCUT2D eigenvalue weighted by atomic mass is 10.2. The third-order valence-electron chi connectivity index (χ3n) is 2.82. The first-order chi connectivity index (χ1) is 9.93. The summed E-state index contributed by atoms with van der Waals surface area (Å²) >= 11 is 0. The van der Waals surface area contributed by atoms with Crippen LogP contribution >= 0.6 is 0 Å². The average Bonchev–Trinajstić information content (AvgIpc) is 2.87. The van der Waals surface area contributed by atoms with E-state index < -0.39 is 24.0 Å². The normalized spacial score (nSPS) is 11.9. The van der Waals surface area contributed by atoms with Crippen molar-refractivity contribution in [2.45, 2.75) is 45.1 Å². The lowest BCUT2D eigenvalue weighted by Crippen LogP contribution is -2.35. The standard InChI is InChI=1S/C13H20N4O4/c1-2-3-4-5-11(18)21-12(19)10(14)6-9-7-17(8-16-9)13(15)20/h7-8,10H,2-6,14H2,1H3,(H2,15,20)/t10-/m0/s1. The predicted octanol–water partition coefficient (Wildman–Crippen LogP) is 0.330. The number of hydrogen-bond donors (Lipinski definition) is 2. The quantitative estimate of drug-likeness (QED) is 0.423. The van der Waals surface area contributed by atoms with E-state index in [2.05, 4.69) is 9.72 Å². The Morgan fingerprint density at radius 1 is 1.38 bits per heavy atom. The Hall–Kier alpha value is -2.22. The largest absolute Gasteiger partial charge is 0.392 e. The van der Waals surface area contributed by atoms with Crippen LogP contribution in [0.2, 0.25) is 0 Å². The molecular formula is C13H20N4O4. The number of imidazole rings is 1. The molecule has 0 aromatic carbocycles. The van der Waals surface area contributed by atoms with Crippen LogP contribution in [-0.4, -0.2) is 33.6 Å². The van der Waals surface area contributed by atoms with E-state index in [0.717, 1.165) is 17.4 Å². The molecule has 8 nitrogen and oxygen atoms in total. The number of rotatable bonds is 7. The Kier molecular flexibility index (Phi) is 6.54. The van der Waals surface area contributed by atoms with Crippen molar-refractivity contribution in [2.75, 3.05) is 0 Å². The second-order valence-corrected chi connectivity index (χ2v) is 4.67. The van der Waals surface area contributed by atoms with Crippen molar-refractivity contribution in [1.82, 2.24) is 9.55 Å². The highest BCUT2D eigenvalue weighted by Crippen LogP contribution is 2.04. The number of ether oxygens (including phenoxy) is 1. The van der Waals surface area contributed by atoms with Gasteiger partial charge in [0.15, 0.2) is 0 Å². The Bertz CT molecular complexity index is 512. The van der Waals surface area contributed by atoms with Gasteiger partial charge in [0.05, 0.1) is 5.69 Å². The van der Waals surface area contributed by atoms with Crippen LogP contribution in [0.5, 0.6) is 0 Å². The van der Waals surface area contributed by atoms with Gasteiger partial charge in [-0.25, -0.2) is 14.6 Å². The van der Waals surface area contributed by atoms with Crippen LogP contribution in [0.3, 0.4) is 0 Å². The molecule has 116 valence electrons. The molecule has 8 heteroatoms. The van der Waals surface area contributed by atoms with E-state index in [-0.39, 0.29) is 12.8 Å². The molecule has 1 amide bonds. The number of nitrogens with zero attached hydrogens (tertiary/aromatic N) is 2. The minimum atomic E-state index is -1.02. The highest BCUT2D eigenvalue weighted by Gasteiger charge is 2.20. The maximum atomic E-state index is 11.6. The van der Waals surface area contributed by atoms with Crippen molar-refractivity contribution in [2.24, 2.45) is 11.5 Å². The molecule has 1 rings (SSSR count). The molecule has 0 aliphatic heterocycles. The zero-order valence-electron chi connectivity index (χ0n) is 11.9. The summed E-state index contributed by atoms with van der Waals surface area (Å²) in [4.78, 5) is 37.8. The monoisotopic (exact) mass is 296 g/mol. The number of hydrogen-bond acceptors (Lipinski definition) is 6. The van der Waals surface area contributed by atoms with Gasteiger partial charge in [-0.05, 0) is 6.42 Å². The molecule has 0 spiro atoms. The highest BCUT2D eigenvalue weighted by atomic mass is 16.6. The molecule has 1 atom stereocenters. The second kappa shape index (κ2) is 8.15. The molecule has 21 heavy (non-hydrogen) atoms. The number of esters is 2. The minimum Gasteiger partial charge on any atom is -0.392 e. The predicted molar refractivity (Wildman–Crippen MR) is 74.1 cm³/mol. The topological polar surface area (TPSA) is 130 Å². The van der Waals surface area contributed by atoms with E-state index >= 15 is 0 Å². The Labute approximate surface area is 122 Å². The molecule has 0 saturated carbocycles. The zero-order chi connectivity index (χ0) is 15.8. The number of amides is 1. The fraction of sp³-hybridized carbons (Fsp3) is 0.538. The summed E-state index contributed by atoms with van der Waals surface area (Å²) in [5.41, 5.74) is 11.1. The molecule has 0 unspecified atom stereocenters. The van der Waals surface area contributed by atoms with E-state index in [1.165, 1.54) is 12.5 Å². The number of carbonyl (C=O) groups is 3. The van der Waals surface area contributed by atoms with E-state index in [1.807, 2.05) is 6.92 Å². The van der Waals surface area contributed by atoms with Crippen LogP contribution in [0.4, 0.5) is 4.79 Å². The van der Waals surface area contributed by atoms with Gasteiger partial charge in [0.25, 0.3) is 0 Å². The Morgan fingerprint density at radius 3 is 2.67 bits per heavy atom. The Morgan fingerprint density at radius 2 is 2.10 bits per heavy atom. The molecule has 0 bridgehead atoms. The van der Waals surface area contributed by atoms with Gasteiger partial charge in [-0.1, -0.05) is 19.8 Å². The number of nitrogens with two attached hydrogens (primary N) is 2. The van der Waals surface area contributed by atoms with Crippen LogP contribution < -0.4 is 11.5 Å². The molecule has 0 fully saturated rings. The number of aromatic nitrogens is 2. The zero-order valence-corrected chi connectivity index (χ0v) is 11.9. The van der Waals surface area contributed by atoms with Gasteiger partial charge in [0.2, 0.25) is 0 Å². The first kappa shape index (κ1) is 16.8. The smallest absolute Gasteiger partial charge is 0.330 e. The van der Waals surface area contributed by atoms with Crippen molar-refractivity contribution < 1.29 is 19.1 Å². The molecule has 1 aromatic rings. The average molecular weight is 296 g/mol. The fourth-order valence-corrected chi connectivity index (χ4v) is 1.66. The summed E-state index contributed by atoms with van der Waals surface area (Å²) in [6.45, 7) is 2.01. The van der Waals surface area contributed by atoms with Crippen molar-refractivity contribution in [1.29, 1.82) is 0 Å². The van der Waals surface area contributed by atoms with Crippen molar-refractivity contribution in [3.8, 4) is 0 Å². The maximum Gasteiger partial charge on any atom is 0.330 e. The van der Waals surface area contributed by atoms with E-state index in [0.29, 0.717) is 12.1 Å². The fourth-order valence-electron chi connectivity index (χ4n) is 1.66. The first-order valence-corrected chi connectivity index (χ1v) is 6.76. The molecule has 0 saturated heterocycles. The summed E-state index contributed by atoms with van der Waals surface area (Å²) in [5.74, 6) is -1.38. The van der Waals surface area contributed by atoms with Crippen molar-refractivity contribution in [3.63, 3.8) is 0 Å². The number of primary amides is 1. The summed E-state index contributed by atoms with van der Waals surface area (Å²) in [5, 5.41) is 0. The molecule has 0 aliphatic rings. The van der Waals surface area contributed by atoms with Crippen LogP contribution in [-0.2, 0) is 20.7 Å².